The molecule has 0 unspecified atom stereocenters. The van der Waals surface area contributed by atoms with Gasteiger partial charge in [0.15, 0.2) is 0 Å². The van der Waals surface area contributed by atoms with E-state index in [1.807, 2.05) is 30.3 Å². The molecule has 0 aromatic heterocycles. The van der Waals surface area contributed by atoms with Gasteiger partial charge in [0.05, 0.1) is 18.7 Å². The summed E-state index contributed by atoms with van der Waals surface area (Å²) in [5.41, 5.74) is 1.36. The number of hydrogen-bond donors (Lipinski definition) is 1. The van der Waals surface area contributed by atoms with Crippen LogP contribution in [0.15, 0.2) is 60.2 Å². The number of rotatable bonds is 9. The Kier molecular flexibility index (Phi) is 7.47. The van der Waals surface area contributed by atoms with E-state index in [0.717, 1.165) is 31.6 Å². The molecule has 1 atom stereocenters. The average Bonchev–Trinajstić information content (AvgIpc) is 3.07. The van der Waals surface area contributed by atoms with Crippen molar-refractivity contribution in [2.24, 2.45) is 0 Å². The van der Waals surface area contributed by atoms with Crippen LogP contribution in [0.2, 0.25) is 0 Å². The topological polar surface area (TPSA) is 70.1 Å². The Hall–Kier alpha value is -3.12. The monoisotopic (exact) mass is 422 g/mol. The minimum Gasteiger partial charge on any atom is -0.507 e. The van der Waals surface area contributed by atoms with Crippen molar-refractivity contribution in [2.75, 3.05) is 33.3 Å². The van der Waals surface area contributed by atoms with Crippen molar-refractivity contribution in [3.8, 4) is 5.75 Å². The first-order valence-electron chi connectivity index (χ1n) is 10.7. The number of nitrogens with zero attached hydrogens (tertiary/aromatic N) is 2. The molecule has 0 saturated carbocycles. The van der Waals surface area contributed by atoms with E-state index < -0.39 is 17.7 Å². The third-order valence-corrected chi connectivity index (χ3v) is 5.77. The summed E-state index contributed by atoms with van der Waals surface area (Å²) in [7, 11) is 1.54. The zero-order valence-corrected chi connectivity index (χ0v) is 18.4. The van der Waals surface area contributed by atoms with Gasteiger partial charge in [-0.05, 0) is 43.8 Å². The summed E-state index contributed by atoms with van der Waals surface area (Å²) in [6, 6.07) is 15.6. The van der Waals surface area contributed by atoms with Gasteiger partial charge in [-0.2, -0.15) is 0 Å². The second-order valence-electron chi connectivity index (χ2n) is 7.52. The molecule has 3 rings (SSSR count). The number of benzene rings is 2. The number of ether oxygens (including phenoxy) is 1. The minimum atomic E-state index is -0.656. The molecule has 0 spiro atoms. The standard InChI is InChI=1S/C25H30N2O4/c1-4-26(5-2)15-10-16-27-22(18-11-7-6-8-12-18)21(24(29)25(27)30)23(28)19-13-9-14-20(17-19)31-3/h6-9,11-14,17,22,28H,4-5,10,15-16H2,1-3H3/b23-21+/t22-/m1/s1. The van der Waals surface area contributed by atoms with Gasteiger partial charge in [-0.3, -0.25) is 9.59 Å². The number of aliphatic hydroxyl groups excluding tert-OH is 1. The lowest BCUT2D eigenvalue weighted by molar-refractivity contribution is -0.140. The normalized spacial score (nSPS) is 18.1. The molecular weight excluding hydrogens is 392 g/mol. The fourth-order valence-corrected chi connectivity index (χ4v) is 4.02. The summed E-state index contributed by atoms with van der Waals surface area (Å²) in [5.74, 6) is -0.846. The first-order valence-corrected chi connectivity index (χ1v) is 10.7. The van der Waals surface area contributed by atoms with Crippen LogP contribution in [0, 0.1) is 0 Å². The Morgan fingerprint density at radius 1 is 1.06 bits per heavy atom. The molecule has 1 fully saturated rings. The molecule has 31 heavy (non-hydrogen) atoms. The second kappa shape index (κ2) is 10.3. The Balaban J connectivity index is 2.01. The Labute approximate surface area is 183 Å². The molecule has 2 aromatic rings. The molecule has 1 aliphatic rings. The second-order valence-corrected chi connectivity index (χ2v) is 7.52. The summed E-state index contributed by atoms with van der Waals surface area (Å²) in [5, 5.41) is 11.1. The molecule has 2 aromatic carbocycles. The van der Waals surface area contributed by atoms with Crippen molar-refractivity contribution in [2.45, 2.75) is 26.3 Å². The largest absolute Gasteiger partial charge is 0.507 e. The van der Waals surface area contributed by atoms with Gasteiger partial charge in [0, 0.05) is 12.1 Å². The zero-order valence-electron chi connectivity index (χ0n) is 18.4. The van der Waals surface area contributed by atoms with Crippen LogP contribution in [0.5, 0.6) is 5.75 Å². The number of aliphatic hydroxyl groups is 1. The average molecular weight is 423 g/mol. The quantitative estimate of drug-likeness (QED) is 0.378. The number of ketones is 1. The number of Topliss-reactive ketones (excluding diaryl/α,β-unsaturated/α-hetero) is 1. The molecule has 1 saturated heterocycles. The van der Waals surface area contributed by atoms with Crippen LogP contribution >= 0.6 is 0 Å². The molecule has 1 aliphatic heterocycles. The highest BCUT2D eigenvalue weighted by Gasteiger charge is 2.45. The van der Waals surface area contributed by atoms with Crippen molar-refractivity contribution in [1.82, 2.24) is 9.80 Å². The predicted octanol–water partition coefficient (Wildman–Crippen LogP) is 3.85. The Morgan fingerprint density at radius 3 is 2.42 bits per heavy atom. The molecule has 6 heteroatoms. The maximum atomic E-state index is 13.0. The lowest BCUT2D eigenvalue weighted by atomic mass is 9.95. The number of carbonyl (C=O) groups excluding carboxylic acids is 2. The van der Waals surface area contributed by atoms with Gasteiger partial charge in [-0.25, -0.2) is 0 Å². The van der Waals surface area contributed by atoms with Gasteiger partial charge in [0.25, 0.3) is 11.7 Å². The molecule has 0 radical (unpaired) electrons. The number of methoxy groups -OCH3 is 1. The predicted molar refractivity (Wildman–Crippen MR) is 121 cm³/mol. The maximum Gasteiger partial charge on any atom is 0.295 e. The number of carbonyl (C=O) groups is 2. The Bertz CT molecular complexity index is 951. The van der Waals surface area contributed by atoms with Gasteiger partial charge in [-0.15, -0.1) is 0 Å². The van der Waals surface area contributed by atoms with Crippen LogP contribution < -0.4 is 4.74 Å². The van der Waals surface area contributed by atoms with Crippen LogP contribution in [-0.2, 0) is 9.59 Å². The highest BCUT2D eigenvalue weighted by Crippen LogP contribution is 2.39. The van der Waals surface area contributed by atoms with E-state index in [9.17, 15) is 14.7 Å². The summed E-state index contributed by atoms with van der Waals surface area (Å²) < 4.78 is 5.24. The summed E-state index contributed by atoms with van der Waals surface area (Å²) in [6.07, 6.45) is 0.747. The Morgan fingerprint density at radius 2 is 1.77 bits per heavy atom. The van der Waals surface area contributed by atoms with Crippen molar-refractivity contribution in [3.63, 3.8) is 0 Å². The highest BCUT2D eigenvalue weighted by atomic mass is 16.5. The number of hydrogen-bond acceptors (Lipinski definition) is 5. The fourth-order valence-electron chi connectivity index (χ4n) is 4.02. The fraction of sp³-hybridized carbons (Fsp3) is 0.360. The van der Waals surface area contributed by atoms with Crippen molar-refractivity contribution < 1.29 is 19.4 Å². The zero-order chi connectivity index (χ0) is 22.4. The van der Waals surface area contributed by atoms with Crippen molar-refractivity contribution >= 4 is 17.4 Å². The van der Waals surface area contributed by atoms with E-state index in [1.54, 1.807) is 29.2 Å². The minimum absolute atomic E-state index is 0.118. The van der Waals surface area contributed by atoms with Crippen molar-refractivity contribution in [1.29, 1.82) is 0 Å². The third kappa shape index (κ3) is 4.80. The summed E-state index contributed by atoms with van der Waals surface area (Å²) >= 11 is 0. The molecular formula is C25H30N2O4. The molecule has 164 valence electrons. The lowest BCUT2D eigenvalue weighted by Crippen LogP contribution is -2.33. The third-order valence-electron chi connectivity index (χ3n) is 5.77. The molecule has 6 nitrogen and oxygen atoms in total. The molecule has 0 aliphatic carbocycles. The summed E-state index contributed by atoms with van der Waals surface area (Å²) in [6.45, 7) is 7.37. The molecule has 1 heterocycles. The number of likely N-dealkylation sites (tertiary alicyclic amines) is 1. The first-order chi connectivity index (χ1) is 15.0. The lowest BCUT2D eigenvalue weighted by Gasteiger charge is -2.26. The van der Waals surface area contributed by atoms with Crippen LogP contribution in [0.4, 0.5) is 0 Å². The van der Waals surface area contributed by atoms with Gasteiger partial charge in [0.2, 0.25) is 0 Å². The van der Waals surface area contributed by atoms with E-state index in [1.165, 1.54) is 7.11 Å². The van der Waals surface area contributed by atoms with Crippen LogP contribution in [-0.4, -0.2) is 59.9 Å². The highest BCUT2D eigenvalue weighted by molar-refractivity contribution is 6.46. The number of amides is 1. The van der Waals surface area contributed by atoms with Crippen LogP contribution in [0.25, 0.3) is 5.76 Å². The van der Waals surface area contributed by atoms with Gasteiger partial charge in [-0.1, -0.05) is 56.3 Å². The van der Waals surface area contributed by atoms with Gasteiger partial charge >= 0.3 is 0 Å². The molecule has 1 amide bonds. The van der Waals surface area contributed by atoms with E-state index in [2.05, 4.69) is 18.7 Å². The molecule has 1 N–H and O–H groups in total. The van der Waals surface area contributed by atoms with E-state index >= 15 is 0 Å². The van der Waals surface area contributed by atoms with Crippen LogP contribution in [0.3, 0.4) is 0 Å². The van der Waals surface area contributed by atoms with E-state index in [4.69, 9.17) is 4.74 Å². The summed E-state index contributed by atoms with van der Waals surface area (Å²) in [4.78, 5) is 29.9. The molecule has 0 bridgehead atoms. The van der Waals surface area contributed by atoms with E-state index in [-0.39, 0.29) is 11.3 Å². The van der Waals surface area contributed by atoms with Crippen LogP contribution in [0.1, 0.15) is 37.4 Å². The smallest absolute Gasteiger partial charge is 0.295 e. The van der Waals surface area contributed by atoms with Gasteiger partial charge in [0.1, 0.15) is 11.5 Å². The SMILES string of the molecule is CCN(CC)CCCN1C(=O)C(=O)/C(=C(/O)c2cccc(OC)c2)[C@H]1c1ccccc1. The van der Waals surface area contributed by atoms with Crippen molar-refractivity contribution in [3.05, 3.63) is 71.3 Å². The first kappa shape index (κ1) is 22.6. The van der Waals surface area contributed by atoms with Gasteiger partial charge < -0.3 is 19.6 Å². The van der Waals surface area contributed by atoms with E-state index in [0.29, 0.717) is 17.9 Å². The maximum absolute atomic E-state index is 13.0.